The van der Waals surface area contributed by atoms with Gasteiger partial charge in [0.15, 0.2) is 0 Å². The van der Waals surface area contributed by atoms with Crippen molar-refractivity contribution in [2.45, 2.75) is 19.4 Å². The van der Waals surface area contributed by atoms with E-state index in [4.69, 9.17) is 0 Å². The summed E-state index contributed by atoms with van der Waals surface area (Å²) in [6, 6.07) is 23.4. The van der Waals surface area contributed by atoms with Crippen LogP contribution in [0.15, 0.2) is 96.2 Å². The Labute approximate surface area is 241 Å². The average Bonchev–Trinajstić information content (AvgIpc) is 3.71. The van der Waals surface area contributed by atoms with E-state index in [0.29, 0.717) is 36.8 Å². The zero-order valence-electron chi connectivity index (χ0n) is 22.8. The molecule has 1 fully saturated rings. The highest BCUT2D eigenvalue weighted by molar-refractivity contribution is 5.92. The van der Waals surface area contributed by atoms with E-state index in [1.807, 2.05) is 77.7 Å². The number of benzene rings is 3. The zero-order chi connectivity index (χ0) is 29.1. The first-order valence-electron chi connectivity index (χ1n) is 13.9. The summed E-state index contributed by atoms with van der Waals surface area (Å²) in [5.74, 6) is -1.40. The summed E-state index contributed by atoms with van der Waals surface area (Å²) in [5.41, 5.74) is 1.91. The summed E-state index contributed by atoms with van der Waals surface area (Å²) < 4.78 is 1.39. The number of anilines is 2. The smallest absolute Gasteiger partial charge is 0.349 e. The van der Waals surface area contributed by atoms with Crippen LogP contribution in [0.5, 0.6) is 0 Å². The number of nitrogens with one attached hydrogen (secondary N) is 2. The molecule has 1 saturated heterocycles. The Kier molecular flexibility index (Phi) is 7.50. The molecular weight excluding hydrogens is 532 g/mol. The summed E-state index contributed by atoms with van der Waals surface area (Å²) in [4.78, 5) is 51.8. The third-order valence-electron chi connectivity index (χ3n) is 7.72. The number of hydrogen-bond donors (Lipinski definition) is 3. The second-order valence-electron chi connectivity index (χ2n) is 10.6. The molecule has 3 aromatic carbocycles. The lowest BCUT2D eigenvalue weighted by molar-refractivity contribution is -0.142. The molecule has 3 N–H and O–H groups in total. The van der Waals surface area contributed by atoms with Crippen molar-refractivity contribution in [2.75, 3.05) is 23.3 Å². The number of fused-ring (bicyclic) bond motifs is 1. The fraction of sp³-hybridized carbons (Fsp3) is 0.219. The normalized spacial score (nSPS) is 15.5. The fourth-order valence-electron chi connectivity index (χ4n) is 5.51. The second kappa shape index (κ2) is 11.7. The van der Waals surface area contributed by atoms with Crippen LogP contribution in [0.2, 0.25) is 0 Å². The van der Waals surface area contributed by atoms with Gasteiger partial charge in [-0.05, 0) is 34.7 Å². The van der Waals surface area contributed by atoms with Gasteiger partial charge in [-0.15, -0.1) is 0 Å². The van der Waals surface area contributed by atoms with Crippen LogP contribution in [0.25, 0.3) is 21.9 Å². The van der Waals surface area contributed by atoms with Crippen molar-refractivity contribution in [3.8, 4) is 11.1 Å². The highest BCUT2D eigenvalue weighted by atomic mass is 16.4. The topological polar surface area (TPSA) is 133 Å². The summed E-state index contributed by atoms with van der Waals surface area (Å²) in [5, 5.41) is 15.0. The van der Waals surface area contributed by atoms with E-state index in [1.165, 1.54) is 4.57 Å². The highest BCUT2D eigenvalue weighted by Gasteiger charge is 2.31. The molecule has 6 rings (SSSR count). The highest BCUT2D eigenvalue weighted by Crippen LogP contribution is 2.32. The molecule has 0 radical (unpaired) electrons. The van der Waals surface area contributed by atoms with Crippen molar-refractivity contribution in [3.05, 3.63) is 107 Å². The van der Waals surface area contributed by atoms with Gasteiger partial charge in [-0.1, -0.05) is 72.8 Å². The standard InChI is InChI=1S/C32H30N6O4/c39-29(36-31-33-13-14-34-31)25-12-15-37(18-25)28-27(23-7-2-1-3-8-23)20-38(32(42)35-28)19-26(30(40)41)17-21-10-11-22-6-4-5-9-24(22)16-21/h1-11,13-14,16,20,25-26H,12,15,17-19H2,(H,40,41)(H2,33,34,36,39). The van der Waals surface area contributed by atoms with Crippen molar-refractivity contribution in [3.63, 3.8) is 0 Å². The summed E-state index contributed by atoms with van der Waals surface area (Å²) >= 11 is 0. The van der Waals surface area contributed by atoms with E-state index in [0.717, 1.165) is 21.9 Å². The lowest BCUT2D eigenvalue weighted by atomic mass is 9.97. The molecule has 0 spiro atoms. The third kappa shape index (κ3) is 5.78. The molecule has 2 unspecified atom stereocenters. The second-order valence-corrected chi connectivity index (χ2v) is 10.6. The number of nitrogens with zero attached hydrogens (tertiary/aromatic N) is 4. The Balaban J connectivity index is 1.27. The van der Waals surface area contributed by atoms with Crippen molar-refractivity contribution in [2.24, 2.45) is 11.8 Å². The van der Waals surface area contributed by atoms with E-state index < -0.39 is 17.6 Å². The summed E-state index contributed by atoms with van der Waals surface area (Å²) in [6.07, 6.45) is 5.77. The number of amides is 1. The van der Waals surface area contributed by atoms with E-state index in [-0.39, 0.29) is 24.8 Å². The van der Waals surface area contributed by atoms with Gasteiger partial charge < -0.3 is 15.0 Å². The maximum Gasteiger partial charge on any atom is 0.349 e. The fourth-order valence-corrected chi connectivity index (χ4v) is 5.51. The summed E-state index contributed by atoms with van der Waals surface area (Å²) in [6.45, 7) is 0.914. The molecule has 2 atom stereocenters. The van der Waals surface area contributed by atoms with Crippen molar-refractivity contribution in [1.82, 2.24) is 19.5 Å². The van der Waals surface area contributed by atoms with Crippen LogP contribution in [0.4, 0.5) is 11.8 Å². The molecule has 1 amide bonds. The first-order chi connectivity index (χ1) is 20.4. The van der Waals surface area contributed by atoms with Gasteiger partial charge in [0.2, 0.25) is 11.9 Å². The Morgan fingerprint density at radius 2 is 1.83 bits per heavy atom. The van der Waals surface area contributed by atoms with Crippen LogP contribution in [0, 0.1) is 11.8 Å². The molecular formula is C32H30N6O4. The number of hydrogen-bond acceptors (Lipinski definition) is 6. The van der Waals surface area contributed by atoms with Crippen LogP contribution >= 0.6 is 0 Å². The number of H-pyrrole nitrogens is 1. The van der Waals surface area contributed by atoms with Crippen LogP contribution in [-0.4, -0.2) is 49.6 Å². The van der Waals surface area contributed by atoms with Gasteiger partial charge in [-0.2, -0.15) is 4.98 Å². The minimum atomic E-state index is -0.981. The molecule has 42 heavy (non-hydrogen) atoms. The monoisotopic (exact) mass is 562 g/mol. The quantitative estimate of drug-likeness (QED) is 0.245. The molecule has 5 aromatic rings. The third-order valence-corrected chi connectivity index (χ3v) is 7.72. The van der Waals surface area contributed by atoms with Crippen molar-refractivity contribution < 1.29 is 14.7 Å². The molecule has 1 aliphatic rings. The summed E-state index contributed by atoms with van der Waals surface area (Å²) in [7, 11) is 0. The molecule has 1 aliphatic heterocycles. The number of aliphatic carboxylic acids is 1. The Morgan fingerprint density at radius 1 is 1.05 bits per heavy atom. The predicted octanol–water partition coefficient (Wildman–Crippen LogP) is 4.20. The lowest BCUT2D eigenvalue weighted by Crippen LogP contribution is -2.33. The number of carboxylic acid groups (broad SMARTS) is 1. The van der Waals surface area contributed by atoms with Crippen molar-refractivity contribution in [1.29, 1.82) is 0 Å². The van der Waals surface area contributed by atoms with Gasteiger partial charge in [-0.3, -0.25) is 19.5 Å². The predicted molar refractivity (Wildman–Crippen MR) is 160 cm³/mol. The van der Waals surface area contributed by atoms with E-state index >= 15 is 0 Å². The van der Waals surface area contributed by atoms with Gasteiger partial charge in [0, 0.05) is 43.8 Å². The lowest BCUT2D eigenvalue weighted by Gasteiger charge is -2.22. The van der Waals surface area contributed by atoms with Crippen LogP contribution in [0.3, 0.4) is 0 Å². The first-order valence-corrected chi connectivity index (χ1v) is 13.9. The molecule has 10 nitrogen and oxygen atoms in total. The van der Waals surface area contributed by atoms with Crippen LogP contribution < -0.4 is 15.9 Å². The SMILES string of the molecule is O=C(O)C(Cc1ccc2ccccc2c1)Cn1cc(-c2ccccc2)c(N2CCC(C(=O)Nc3ncc[nH]3)C2)nc1=O. The largest absolute Gasteiger partial charge is 0.481 e. The van der Waals surface area contributed by atoms with E-state index in [2.05, 4.69) is 20.3 Å². The first kappa shape index (κ1) is 26.9. The number of carbonyl (C=O) groups is 2. The maximum absolute atomic E-state index is 13.3. The number of carbonyl (C=O) groups excluding carboxylic acids is 1. The number of rotatable bonds is 9. The van der Waals surface area contributed by atoms with E-state index in [9.17, 15) is 19.5 Å². The van der Waals surface area contributed by atoms with Gasteiger partial charge in [0.1, 0.15) is 5.82 Å². The van der Waals surface area contributed by atoms with Gasteiger partial charge in [-0.25, -0.2) is 9.78 Å². The maximum atomic E-state index is 13.3. The minimum Gasteiger partial charge on any atom is -0.481 e. The Morgan fingerprint density at radius 3 is 2.60 bits per heavy atom. The van der Waals surface area contributed by atoms with Gasteiger partial charge >= 0.3 is 11.7 Å². The number of aromatic nitrogens is 4. The molecule has 0 aliphatic carbocycles. The number of aromatic amines is 1. The number of imidazole rings is 1. The minimum absolute atomic E-state index is 0.0255. The van der Waals surface area contributed by atoms with Gasteiger partial charge in [0.25, 0.3) is 0 Å². The van der Waals surface area contributed by atoms with Crippen LogP contribution in [-0.2, 0) is 22.6 Å². The zero-order valence-corrected chi connectivity index (χ0v) is 22.8. The van der Waals surface area contributed by atoms with Gasteiger partial charge in [0.05, 0.1) is 11.8 Å². The van der Waals surface area contributed by atoms with Crippen LogP contribution in [0.1, 0.15) is 12.0 Å². The van der Waals surface area contributed by atoms with E-state index in [1.54, 1.807) is 18.6 Å². The molecule has 0 saturated carbocycles. The van der Waals surface area contributed by atoms with Crippen molar-refractivity contribution >= 4 is 34.4 Å². The Hall–Kier alpha value is -5.25. The molecule has 212 valence electrons. The molecule has 0 bridgehead atoms. The Bertz CT molecular complexity index is 1780. The molecule has 10 heteroatoms. The number of carboxylic acids is 1. The molecule has 3 heterocycles. The molecule has 2 aromatic heterocycles. The average molecular weight is 563 g/mol.